The lowest BCUT2D eigenvalue weighted by atomic mass is 9.97. The summed E-state index contributed by atoms with van der Waals surface area (Å²) < 4.78 is 4.89. The van der Waals surface area contributed by atoms with Crippen LogP contribution in [0.2, 0.25) is 0 Å². The highest BCUT2D eigenvalue weighted by atomic mass is 15.0. The lowest BCUT2D eigenvalue weighted by Crippen LogP contribution is -1.98. The number of hydrogen-bond donors (Lipinski definition) is 0. The van der Waals surface area contributed by atoms with Crippen LogP contribution in [0.3, 0.4) is 0 Å². The number of rotatable bonds is 5. The van der Waals surface area contributed by atoms with Crippen molar-refractivity contribution in [2.75, 3.05) is 0 Å². The van der Waals surface area contributed by atoms with Gasteiger partial charge in [0.05, 0.1) is 50.4 Å². The van der Waals surface area contributed by atoms with Gasteiger partial charge in [0, 0.05) is 67.1 Å². The van der Waals surface area contributed by atoms with Crippen LogP contribution in [0.15, 0.2) is 188 Å². The molecule has 0 spiro atoms. The molecule has 0 aliphatic heterocycles. The van der Waals surface area contributed by atoms with Crippen molar-refractivity contribution in [3.63, 3.8) is 0 Å². The Hall–Kier alpha value is -7.63. The fourth-order valence-electron chi connectivity index (χ4n) is 8.99. The Kier molecular flexibility index (Phi) is 6.56. The van der Waals surface area contributed by atoms with E-state index < -0.39 is 0 Å². The van der Waals surface area contributed by atoms with Crippen LogP contribution in [0, 0.1) is 0 Å². The second-order valence-corrected chi connectivity index (χ2v) is 14.4. The largest absolute Gasteiger partial charge is 0.308 e. The topological polar surface area (TPSA) is 48.0 Å². The molecule has 0 saturated heterocycles. The highest BCUT2D eigenvalue weighted by Crippen LogP contribution is 2.46. The molecular weight excluding hydrogens is 683 g/mol. The predicted molar refractivity (Wildman–Crippen MR) is 231 cm³/mol. The molecule has 0 aliphatic rings. The third kappa shape index (κ3) is 4.46. The van der Waals surface area contributed by atoms with Gasteiger partial charge < -0.3 is 8.97 Å². The van der Waals surface area contributed by atoms with Gasteiger partial charge in [0.25, 0.3) is 0 Å². The first-order valence-electron chi connectivity index (χ1n) is 18.9. The van der Waals surface area contributed by atoms with E-state index in [1.165, 1.54) is 60.0 Å². The normalized spacial score (nSPS) is 11.9. The van der Waals surface area contributed by atoms with Crippen LogP contribution in [0.1, 0.15) is 0 Å². The summed E-state index contributed by atoms with van der Waals surface area (Å²) in [6.07, 6.45) is 3.66. The molecule has 6 aromatic heterocycles. The van der Waals surface area contributed by atoms with Gasteiger partial charge >= 0.3 is 0 Å². The van der Waals surface area contributed by atoms with E-state index in [0.717, 1.165) is 50.6 Å². The monoisotopic (exact) mass is 713 g/mol. The molecule has 260 valence electrons. The molecule has 0 bridgehead atoms. The van der Waals surface area contributed by atoms with E-state index >= 15 is 0 Å². The summed E-state index contributed by atoms with van der Waals surface area (Å²) in [6, 6.07) is 62.7. The van der Waals surface area contributed by atoms with Gasteiger partial charge in [-0.05, 0) is 78.4 Å². The van der Waals surface area contributed by atoms with Crippen molar-refractivity contribution < 1.29 is 0 Å². The highest BCUT2D eigenvalue weighted by molar-refractivity contribution is 6.25. The molecule has 0 unspecified atom stereocenters. The van der Waals surface area contributed by atoms with Crippen molar-refractivity contribution >= 4 is 59.9 Å². The fraction of sp³-hybridized carbons (Fsp3) is 0. The molecule has 6 aromatic carbocycles. The van der Waals surface area contributed by atoms with Gasteiger partial charge in [-0.15, -0.1) is 0 Å². The van der Waals surface area contributed by atoms with Crippen molar-refractivity contribution in [2.24, 2.45) is 0 Å². The van der Waals surface area contributed by atoms with E-state index in [2.05, 4.69) is 148 Å². The molecule has 56 heavy (non-hydrogen) atoms. The van der Waals surface area contributed by atoms with E-state index in [1.54, 1.807) is 0 Å². The lowest BCUT2D eigenvalue weighted by Gasteiger charge is -2.15. The Labute approximate surface area is 321 Å². The minimum atomic E-state index is 0.801. The molecule has 12 rings (SSSR count). The van der Waals surface area contributed by atoms with Gasteiger partial charge in [0.15, 0.2) is 0 Å². The zero-order valence-corrected chi connectivity index (χ0v) is 30.1. The molecule has 12 aromatic rings. The van der Waals surface area contributed by atoms with Gasteiger partial charge in [-0.25, -0.2) is 4.98 Å². The molecule has 0 atom stereocenters. The molecular formula is C51H31N5. The summed E-state index contributed by atoms with van der Waals surface area (Å²) in [5.74, 6) is 0. The van der Waals surface area contributed by atoms with E-state index in [-0.39, 0.29) is 0 Å². The van der Waals surface area contributed by atoms with Gasteiger partial charge in [-0.3, -0.25) is 9.97 Å². The average molecular weight is 714 g/mol. The summed E-state index contributed by atoms with van der Waals surface area (Å²) in [6.45, 7) is 0. The summed E-state index contributed by atoms with van der Waals surface area (Å²) in [7, 11) is 0. The first-order chi connectivity index (χ1) is 27.8. The number of nitrogens with zero attached hydrogens (tertiary/aromatic N) is 5. The van der Waals surface area contributed by atoms with Crippen LogP contribution in [-0.4, -0.2) is 23.9 Å². The van der Waals surface area contributed by atoms with E-state index in [0.29, 0.717) is 0 Å². The third-order valence-corrected chi connectivity index (χ3v) is 11.3. The van der Waals surface area contributed by atoms with Crippen LogP contribution in [0.25, 0.3) is 111 Å². The van der Waals surface area contributed by atoms with E-state index in [1.807, 2.05) is 48.8 Å². The van der Waals surface area contributed by atoms with E-state index in [4.69, 9.17) is 15.0 Å². The first-order valence-corrected chi connectivity index (χ1v) is 18.9. The Bertz CT molecular complexity index is 3310. The number of para-hydroxylation sites is 5. The SMILES string of the molecule is c1ccc(-n2c3c(-c4cc5c6ccccc6n6c7ccccc7c(c4)c56)cccc3c3cccc(-c4cc(-c5ccccn5)cc(-c5ccccn5)n4)c32)cc1. The minimum Gasteiger partial charge on any atom is -0.308 e. The van der Waals surface area contributed by atoms with Crippen molar-refractivity contribution in [1.82, 2.24) is 23.9 Å². The van der Waals surface area contributed by atoms with Crippen LogP contribution in [0.5, 0.6) is 0 Å². The highest BCUT2D eigenvalue weighted by Gasteiger charge is 2.23. The van der Waals surface area contributed by atoms with Gasteiger partial charge in [-0.1, -0.05) is 103 Å². The van der Waals surface area contributed by atoms with Crippen LogP contribution in [0.4, 0.5) is 0 Å². The van der Waals surface area contributed by atoms with Crippen LogP contribution >= 0.6 is 0 Å². The van der Waals surface area contributed by atoms with E-state index in [9.17, 15) is 0 Å². The Morgan fingerprint density at radius 2 is 0.893 bits per heavy atom. The number of pyridine rings is 3. The minimum absolute atomic E-state index is 0.801. The van der Waals surface area contributed by atoms with Crippen LogP contribution < -0.4 is 0 Å². The number of fused-ring (bicyclic) bond motifs is 9. The van der Waals surface area contributed by atoms with Gasteiger partial charge in [0.2, 0.25) is 0 Å². The van der Waals surface area contributed by atoms with Gasteiger partial charge in [-0.2, -0.15) is 0 Å². The number of hydrogen-bond acceptors (Lipinski definition) is 3. The maximum atomic E-state index is 5.34. The molecule has 5 heteroatoms. The zero-order valence-electron chi connectivity index (χ0n) is 30.1. The summed E-state index contributed by atoms with van der Waals surface area (Å²) in [4.78, 5) is 14.8. The molecule has 0 radical (unpaired) electrons. The van der Waals surface area contributed by atoms with Crippen molar-refractivity contribution in [1.29, 1.82) is 0 Å². The standard InChI is InChI=1S/C51H31N5/c1-2-14-34(15-3-1)55-49-35(32-28-41-36-16-4-6-24-47(36)56-48-25-7-5-17-37(48)42(29-32)51(41)56)18-12-19-38(49)39-20-13-21-40(50(39)55)45-30-33(43-22-8-10-26-52-43)31-46(54-45)44-23-9-11-27-53-44/h1-31H. The molecule has 0 amide bonds. The molecule has 5 nitrogen and oxygen atoms in total. The van der Waals surface area contributed by atoms with Crippen molar-refractivity contribution in [3.8, 4) is 50.7 Å². The maximum absolute atomic E-state index is 5.34. The quantitative estimate of drug-likeness (QED) is 0.178. The Morgan fingerprint density at radius 1 is 0.339 bits per heavy atom. The molecule has 0 fully saturated rings. The molecule has 0 saturated carbocycles. The summed E-state index contributed by atoms with van der Waals surface area (Å²) >= 11 is 0. The van der Waals surface area contributed by atoms with Crippen LogP contribution in [-0.2, 0) is 0 Å². The molecule has 0 aliphatic carbocycles. The van der Waals surface area contributed by atoms with Crippen molar-refractivity contribution in [2.45, 2.75) is 0 Å². The van der Waals surface area contributed by atoms with Crippen molar-refractivity contribution in [3.05, 3.63) is 188 Å². The lowest BCUT2D eigenvalue weighted by molar-refractivity contribution is 1.18. The fourth-order valence-corrected chi connectivity index (χ4v) is 8.99. The van der Waals surface area contributed by atoms with Gasteiger partial charge in [0.1, 0.15) is 0 Å². The maximum Gasteiger partial charge on any atom is 0.0900 e. The predicted octanol–water partition coefficient (Wildman–Crippen LogP) is 12.8. The average Bonchev–Trinajstić information content (AvgIpc) is 3.92. The number of aromatic nitrogens is 5. The Balaban J connectivity index is 1.19. The smallest absolute Gasteiger partial charge is 0.0900 e. The summed E-state index contributed by atoms with van der Waals surface area (Å²) in [5, 5.41) is 7.42. The summed E-state index contributed by atoms with van der Waals surface area (Å²) in [5.41, 5.74) is 14.8. The number of benzene rings is 6. The Morgan fingerprint density at radius 3 is 1.55 bits per heavy atom. The second kappa shape index (κ2) is 11.9. The zero-order chi connectivity index (χ0) is 36.7. The molecule has 6 heterocycles. The first kappa shape index (κ1) is 30.8. The molecule has 0 N–H and O–H groups in total. The second-order valence-electron chi connectivity index (χ2n) is 14.4. The third-order valence-electron chi connectivity index (χ3n) is 11.3.